The number of aromatic nitrogens is 1. The minimum Gasteiger partial charge on any atom is -0.444 e. The maximum atomic E-state index is 13.6. The van der Waals surface area contributed by atoms with Gasteiger partial charge in [-0.15, -0.1) is 0 Å². The normalized spacial score (nSPS) is 20.8. The Bertz CT molecular complexity index is 1080. The average molecular weight is 496 g/mol. The van der Waals surface area contributed by atoms with Gasteiger partial charge in [0.25, 0.3) is 5.91 Å². The van der Waals surface area contributed by atoms with Gasteiger partial charge in [-0.3, -0.25) is 4.79 Å². The van der Waals surface area contributed by atoms with Crippen LogP contribution in [0.2, 0.25) is 5.02 Å². The Morgan fingerprint density at radius 1 is 1.21 bits per heavy atom. The van der Waals surface area contributed by atoms with Gasteiger partial charge in [0.15, 0.2) is 0 Å². The van der Waals surface area contributed by atoms with Crippen molar-refractivity contribution in [1.82, 2.24) is 14.4 Å². The van der Waals surface area contributed by atoms with Gasteiger partial charge in [0.2, 0.25) is 5.92 Å². The minimum atomic E-state index is -2.65. The van der Waals surface area contributed by atoms with Crippen molar-refractivity contribution < 1.29 is 23.1 Å². The second-order valence-corrected chi connectivity index (χ2v) is 10.9. The van der Waals surface area contributed by atoms with Crippen LogP contribution in [-0.2, 0) is 11.3 Å². The maximum absolute atomic E-state index is 13.6. The molecule has 1 aliphatic carbocycles. The van der Waals surface area contributed by atoms with Gasteiger partial charge < -0.3 is 19.1 Å². The number of fused-ring (bicyclic) bond motifs is 1. The lowest BCUT2D eigenvalue weighted by molar-refractivity contribution is -0.0490. The number of amides is 2. The molecule has 0 bridgehead atoms. The number of halogens is 3. The van der Waals surface area contributed by atoms with E-state index in [4.69, 9.17) is 16.3 Å². The van der Waals surface area contributed by atoms with Crippen LogP contribution >= 0.6 is 11.6 Å². The fraction of sp³-hybridized carbons (Fsp3) is 0.600. The van der Waals surface area contributed by atoms with Crippen LogP contribution in [0.4, 0.5) is 13.6 Å². The van der Waals surface area contributed by atoms with Crippen molar-refractivity contribution in [2.75, 3.05) is 13.6 Å². The molecule has 0 spiro atoms. The van der Waals surface area contributed by atoms with E-state index in [0.717, 1.165) is 11.9 Å². The van der Waals surface area contributed by atoms with Crippen LogP contribution in [0.15, 0.2) is 24.4 Å². The number of rotatable bonds is 4. The van der Waals surface area contributed by atoms with Crippen molar-refractivity contribution in [2.24, 2.45) is 0 Å². The van der Waals surface area contributed by atoms with E-state index in [2.05, 4.69) is 0 Å². The lowest BCUT2D eigenvalue weighted by Gasteiger charge is -2.41. The lowest BCUT2D eigenvalue weighted by Crippen LogP contribution is -2.54. The Balaban J connectivity index is 1.57. The minimum absolute atomic E-state index is 0.0503. The molecule has 0 unspecified atom stereocenters. The van der Waals surface area contributed by atoms with E-state index in [0.29, 0.717) is 29.1 Å². The van der Waals surface area contributed by atoms with Crippen molar-refractivity contribution in [3.8, 4) is 0 Å². The Morgan fingerprint density at radius 2 is 1.88 bits per heavy atom. The molecule has 1 aromatic heterocycles. The van der Waals surface area contributed by atoms with Gasteiger partial charge in [-0.1, -0.05) is 17.7 Å². The van der Waals surface area contributed by atoms with Gasteiger partial charge in [0.1, 0.15) is 5.60 Å². The summed E-state index contributed by atoms with van der Waals surface area (Å²) in [6.45, 7) is 6.64. The number of hydrogen-bond donors (Lipinski definition) is 0. The Hall–Kier alpha value is -2.35. The molecular formula is C25H32ClF2N3O3. The molecule has 186 valence electrons. The fourth-order valence-electron chi connectivity index (χ4n) is 4.81. The summed E-state index contributed by atoms with van der Waals surface area (Å²) in [6, 6.07) is 5.18. The Labute approximate surface area is 203 Å². The van der Waals surface area contributed by atoms with Gasteiger partial charge in [0.05, 0.1) is 22.1 Å². The second kappa shape index (κ2) is 9.02. The first-order valence-corrected chi connectivity index (χ1v) is 12.2. The van der Waals surface area contributed by atoms with Gasteiger partial charge in [-0.05, 0) is 52.2 Å². The standard InChI is InChI=1S/C25H32ClF2N3O3/c1-24(2,3)34-23(33)31-13-10-17(31)14-30-15-18(21-19(26)6-5-7-20(21)30)22(32)29(4)16-8-11-25(27,28)12-9-16/h5-7,15-17H,8-14H2,1-4H3/t17-/m0/s1. The third-order valence-electron chi connectivity index (χ3n) is 6.82. The largest absolute Gasteiger partial charge is 0.444 e. The van der Waals surface area contributed by atoms with Crippen LogP contribution in [0, 0.1) is 0 Å². The Kier molecular flexibility index (Phi) is 6.57. The smallest absolute Gasteiger partial charge is 0.410 e. The van der Waals surface area contributed by atoms with E-state index in [1.54, 1.807) is 29.1 Å². The Morgan fingerprint density at radius 3 is 2.47 bits per heavy atom. The van der Waals surface area contributed by atoms with Crippen LogP contribution in [-0.4, -0.2) is 63.6 Å². The highest BCUT2D eigenvalue weighted by Crippen LogP contribution is 2.36. The molecule has 1 saturated heterocycles. The van der Waals surface area contributed by atoms with E-state index in [-0.39, 0.29) is 49.8 Å². The van der Waals surface area contributed by atoms with Crippen molar-refractivity contribution >= 4 is 34.5 Å². The molecule has 2 aliphatic rings. The molecule has 1 saturated carbocycles. The van der Waals surface area contributed by atoms with Crippen molar-refractivity contribution in [1.29, 1.82) is 0 Å². The molecule has 0 N–H and O–H groups in total. The number of benzene rings is 1. The zero-order valence-corrected chi connectivity index (χ0v) is 20.9. The van der Waals surface area contributed by atoms with Gasteiger partial charge in [-0.2, -0.15) is 0 Å². The molecule has 1 aliphatic heterocycles. The molecule has 2 aromatic rings. The van der Waals surface area contributed by atoms with Gasteiger partial charge in [0, 0.05) is 50.6 Å². The summed E-state index contributed by atoms with van der Waals surface area (Å²) in [7, 11) is 1.67. The molecule has 2 fully saturated rings. The zero-order valence-electron chi connectivity index (χ0n) is 20.1. The summed E-state index contributed by atoms with van der Waals surface area (Å²) in [5.74, 6) is -2.88. The molecule has 34 heavy (non-hydrogen) atoms. The first-order valence-electron chi connectivity index (χ1n) is 11.8. The fourth-order valence-corrected chi connectivity index (χ4v) is 5.08. The third kappa shape index (κ3) is 5.02. The second-order valence-electron chi connectivity index (χ2n) is 10.4. The van der Waals surface area contributed by atoms with Crippen LogP contribution in [0.5, 0.6) is 0 Å². The maximum Gasteiger partial charge on any atom is 0.410 e. The summed E-state index contributed by atoms with van der Waals surface area (Å²) in [6.07, 6.45) is 2.39. The summed E-state index contributed by atoms with van der Waals surface area (Å²) in [5.41, 5.74) is 0.678. The van der Waals surface area contributed by atoms with Crippen LogP contribution in [0.1, 0.15) is 63.2 Å². The number of alkyl halides is 2. The summed E-state index contributed by atoms with van der Waals surface area (Å²) in [4.78, 5) is 29.3. The van der Waals surface area contributed by atoms with E-state index >= 15 is 0 Å². The molecule has 4 rings (SSSR count). The van der Waals surface area contributed by atoms with Crippen LogP contribution in [0.3, 0.4) is 0 Å². The van der Waals surface area contributed by atoms with Crippen LogP contribution < -0.4 is 0 Å². The number of hydrogen-bond acceptors (Lipinski definition) is 3. The van der Waals surface area contributed by atoms with Crippen LogP contribution in [0.25, 0.3) is 10.9 Å². The number of likely N-dealkylation sites (tertiary alicyclic amines) is 1. The highest BCUT2D eigenvalue weighted by molar-refractivity contribution is 6.36. The lowest BCUT2D eigenvalue weighted by atomic mass is 9.91. The summed E-state index contributed by atoms with van der Waals surface area (Å²) in [5, 5.41) is 1.10. The van der Waals surface area contributed by atoms with E-state index in [1.807, 2.05) is 37.5 Å². The SMILES string of the molecule is CN(C(=O)c1cn(C[C@@H]2CCN2C(=O)OC(C)(C)C)c2cccc(Cl)c12)C1CCC(F)(F)CC1. The first-order chi connectivity index (χ1) is 15.9. The highest BCUT2D eigenvalue weighted by Gasteiger charge is 2.38. The van der Waals surface area contributed by atoms with Gasteiger partial charge in [-0.25, -0.2) is 13.6 Å². The molecule has 9 heteroatoms. The molecule has 1 atom stereocenters. The third-order valence-corrected chi connectivity index (χ3v) is 7.13. The summed E-state index contributed by atoms with van der Waals surface area (Å²) < 4.78 is 34.7. The highest BCUT2D eigenvalue weighted by atomic mass is 35.5. The molecular weight excluding hydrogens is 464 g/mol. The quantitative estimate of drug-likeness (QED) is 0.526. The number of carbonyl (C=O) groups is 2. The number of carbonyl (C=O) groups excluding carboxylic acids is 2. The number of nitrogens with zero attached hydrogens (tertiary/aromatic N) is 3. The van der Waals surface area contributed by atoms with E-state index < -0.39 is 11.5 Å². The molecule has 0 radical (unpaired) electrons. The van der Waals surface area contributed by atoms with E-state index in [9.17, 15) is 18.4 Å². The average Bonchev–Trinajstić information content (AvgIpc) is 3.08. The molecule has 2 amide bonds. The van der Waals surface area contributed by atoms with E-state index in [1.165, 1.54) is 0 Å². The molecule has 2 heterocycles. The molecule has 6 nitrogen and oxygen atoms in total. The number of ether oxygens (including phenoxy) is 1. The summed E-state index contributed by atoms with van der Waals surface area (Å²) >= 11 is 6.52. The predicted octanol–water partition coefficient (Wildman–Crippen LogP) is 5.95. The predicted molar refractivity (Wildman–Crippen MR) is 128 cm³/mol. The topological polar surface area (TPSA) is 54.8 Å². The van der Waals surface area contributed by atoms with Crippen molar-refractivity contribution in [2.45, 2.75) is 83.0 Å². The van der Waals surface area contributed by atoms with Crippen molar-refractivity contribution in [3.05, 3.63) is 35.0 Å². The molecule has 1 aromatic carbocycles. The van der Waals surface area contributed by atoms with Crippen molar-refractivity contribution in [3.63, 3.8) is 0 Å². The first kappa shape index (κ1) is 24.8. The van der Waals surface area contributed by atoms with Gasteiger partial charge >= 0.3 is 6.09 Å². The zero-order chi connectivity index (χ0) is 24.8. The monoisotopic (exact) mass is 495 g/mol.